The van der Waals surface area contributed by atoms with Gasteiger partial charge in [0.2, 0.25) is 11.8 Å². The molecule has 2 rings (SSSR count). The van der Waals surface area contributed by atoms with Crippen LogP contribution in [-0.4, -0.2) is 32.1 Å². The molecule has 1 saturated carbocycles. The number of ether oxygens (including phenoxy) is 1. The zero-order valence-corrected chi connectivity index (χ0v) is 12.6. The van der Waals surface area contributed by atoms with Crippen LogP contribution in [0.4, 0.5) is 4.39 Å². The van der Waals surface area contributed by atoms with Gasteiger partial charge in [0.25, 0.3) is 0 Å². The van der Waals surface area contributed by atoms with Crippen LogP contribution in [-0.2, 0) is 20.9 Å². The van der Waals surface area contributed by atoms with E-state index >= 15 is 0 Å². The third-order valence-electron chi connectivity index (χ3n) is 3.67. The Bertz CT molecular complexity index is 519. The summed E-state index contributed by atoms with van der Waals surface area (Å²) >= 11 is 0. The van der Waals surface area contributed by atoms with Gasteiger partial charge in [0, 0.05) is 26.8 Å². The van der Waals surface area contributed by atoms with Gasteiger partial charge in [-0.15, -0.1) is 0 Å². The van der Waals surface area contributed by atoms with Crippen LogP contribution in [0.5, 0.6) is 0 Å². The van der Waals surface area contributed by atoms with Gasteiger partial charge in [-0.05, 0) is 30.5 Å². The van der Waals surface area contributed by atoms with Gasteiger partial charge >= 0.3 is 0 Å². The number of carbonyl (C=O) groups excluding carboxylic acids is 2. The molecule has 1 aromatic carbocycles. The first-order valence-corrected chi connectivity index (χ1v) is 7.40. The number of benzene rings is 1. The van der Waals surface area contributed by atoms with Crippen molar-refractivity contribution in [2.45, 2.75) is 19.4 Å². The van der Waals surface area contributed by atoms with Crippen molar-refractivity contribution in [2.75, 3.05) is 20.3 Å². The second kappa shape index (κ2) is 7.89. The molecule has 6 heteroatoms. The molecule has 0 aliphatic heterocycles. The van der Waals surface area contributed by atoms with E-state index < -0.39 is 0 Å². The largest absolute Gasteiger partial charge is 0.385 e. The summed E-state index contributed by atoms with van der Waals surface area (Å²) in [4.78, 5) is 23.8. The Kier molecular flexibility index (Phi) is 5.89. The van der Waals surface area contributed by atoms with Crippen LogP contribution in [0.2, 0.25) is 0 Å². The molecule has 2 N–H and O–H groups in total. The quantitative estimate of drug-likeness (QED) is 0.710. The smallest absolute Gasteiger partial charge is 0.224 e. The van der Waals surface area contributed by atoms with Crippen molar-refractivity contribution in [3.05, 3.63) is 35.6 Å². The predicted molar refractivity (Wildman–Crippen MR) is 79.3 cm³/mol. The highest BCUT2D eigenvalue weighted by molar-refractivity contribution is 5.92. The van der Waals surface area contributed by atoms with Gasteiger partial charge in [-0.3, -0.25) is 9.59 Å². The van der Waals surface area contributed by atoms with E-state index in [-0.39, 0.29) is 29.5 Å². The lowest BCUT2D eigenvalue weighted by Crippen LogP contribution is -2.30. The number of amides is 2. The predicted octanol–water partition coefficient (Wildman–Crippen LogP) is 1.23. The van der Waals surface area contributed by atoms with E-state index in [1.165, 1.54) is 12.1 Å². The number of nitrogens with one attached hydrogen (secondary N) is 2. The average molecular weight is 308 g/mol. The van der Waals surface area contributed by atoms with Crippen LogP contribution in [0.3, 0.4) is 0 Å². The third-order valence-corrected chi connectivity index (χ3v) is 3.67. The zero-order valence-electron chi connectivity index (χ0n) is 12.6. The molecule has 2 atom stereocenters. The second-order valence-electron chi connectivity index (χ2n) is 5.43. The maximum absolute atomic E-state index is 12.8. The Hall–Kier alpha value is -1.95. The minimum atomic E-state index is -0.303. The van der Waals surface area contributed by atoms with E-state index in [0.717, 1.165) is 12.0 Å². The Morgan fingerprint density at radius 2 is 1.82 bits per heavy atom. The molecule has 1 aliphatic rings. The maximum Gasteiger partial charge on any atom is 0.224 e. The van der Waals surface area contributed by atoms with E-state index in [1.54, 1.807) is 19.2 Å². The molecule has 0 saturated heterocycles. The Balaban J connectivity index is 1.67. The molecule has 2 unspecified atom stereocenters. The maximum atomic E-state index is 12.8. The molecule has 1 aromatic rings. The van der Waals surface area contributed by atoms with Crippen LogP contribution in [0, 0.1) is 17.7 Å². The molecule has 22 heavy (non-hydrogen) atoms. The van der Waals surface area contributed by atoms with Crippen molar-refractivity contribution in [3.63, 3.8) is 0 Å². The van der Waals surface area contributed by atoms with Gasteiger partial charge < -0.3 is 15.4 Å². The van der Waals surface area contributed by atoms with Gasteiger partial charge in [0.05, 0.1) is 11.8 Å². The lowest BCUT2D eigenvalue weighted by atomic mass is 10.2. The van der Waals surface area contributed by atoms with Crippen molar-refractivity contribution >= 4 is 11.8 Å². The normalized spacial score (nSPS) is 19.5. The van der Waals surface area contributed by atoms with E-state index in [4.69, 9.17) is 4.74 Å². The Labute approximate surface area is 129 Å². The van der Waals surface area contributed by atoms with Crippen molar-refractivity contribution in [1.29, 1.82) is 0 Å². The molecule has 0 radical (unpaired) electrons. The lowest BCUT2D eigenvalue weighted by molar-refractivity contribution is -0.127. The standard InChI is InChI=1S/C16H21FN2O3/c1-22-8-2-7-18-15(20)13-9-14(13)16(21)19-10-11-3-5-12(17)6-4-11/h3-6,13-14H,2,7-10H2,1H3,(H,18,20)(H,19,21). The fourth-order valence-corrected chi connectivity index (χ4v) is 2.26. The van der Waals surface area contributed by atoms with Crippen molar-refractivity contribution in [3.8, 4) is 0 Å². The molecule has 0 spiro atoms. The van der Waals surface area contributed by atoms with Gasteiger partial charge in [-0.25, -0.2) is 4.39 Å². The third kappa shape index (κ3) is 4.80. The summed E-state index contributed by atoms with van der Waals surface area (Å²) in [5.41, 5.74) is 0.830. The summed E-state index contributed by atoms with van der Waals surface area (Å²) in [5.74, 6) is -0.972. The first-order chi connectivity index (χ1) is 10.6. The van der Waals surface area contributed by atoms with Gasteiger partial charge in [-0.1, -0.05) is 12.1 Å². The van der Waals surface area contributed by atoms with E-state index in [1.807, 2.05) is 0 Å². The molecular weight excluding hydrogens is 287 g/mol. The van der Waals surface area contributed by atoms with E-state index in [0.29, 0.717) is 26.1 Å². The fraction of sp³-hybridized carbons (Fsp3) is 0.500. The molecule has 0 aromatic heterocycles. The molecular formula is C16H21FN2O3. The molecule has 5 nitrogen and oxygen atoms in total. The Morgan fingerprint density at radius 3 is 2.45 bits per heavy atom. The Morgan fingerprint density at radius 1 is 1.18 bits per heavy atom. The van der Waals surface area contributed by atoms with Crippen LogP contribution in [0.15, 0.2) is 24.3 Å². The van der Waals surface area contributed by atoms with Crippen molar-refractivity contribution < 1.29 is 18.7 Å². The number of halogens is 1. The lowest BCUT2D eigenvalue weighted by Gasteiger charge is -2.06. The van der Waals surface area contributed by atoms with Crippen LogP contribution < -0.4 is 10.6 Å². The first-order valence-electron chi connectivity index (χ1n) is 7.40. The fourth-order valence-electron chi connectivity index (χ4n) is 2.26. The van der Waals surface area contributed by atoms with Gasteiger partial charge in [0.15, 0.2) is 0 Å². The van der Waals surface area contributed by atoms with Crippen LogP contribution >= 0.6 is 0 Å². The number of carbonyl (C=O) groups is 2. The van der Waals surface area contributed by atoms with E-state index in [9.17, 15) is 14.0 Å². The summed E-state index contributed by atoms with van der Waals surface area (Å²) in [6, 6.07) is 5.97. The summed E-state index contributed by atoms with van der Waals surface area (Å²) in [7, 11) is 1.62. The molecule has 2 amide bonds. The van der Waals surface area contributed by atoms with Crippen molar-refractivity contribution in [2.24, 2.45) is 11.8 Å². The monoisotopic (exact) mass is 308 g/mol. The first kappa shape index (κ1) is 16.4. The highest BCUT2D eigenvalue weighted by atomic mass is 19.1. The molecule has 0 bridgehead atoms. The molecule has 1 fully saturated rings. The topological polar surface area (TPSA) is 67.4 Å². The number of rotatable bonds is 8. The summed E-state index contributed by atoms with van der Waals surface area (Å²) in [5, 5.41) is 5.58. The SMILES string of the molecule is COCCCNC(=O)C1CC1C(=O)NCc1ccc(F)cc1. The van der Waals surface area contributed by atoms with Crippen LogP contribution in [0.1, 0.15) is 18.4 Å². The minimum Gasteiger partial charge on any atom is -0.385 e. The zero-order chi connectivity index (χ0) is 15.9. The van der Waals surface area contributed by atoms with Crippen molar-refractivity contribution in [1.82, 2.24) is 10.6 Å². The summed E-state index contributed by atoms with van der Waals surface area (Å²) in [6.07, 6.45) is 1.35. The average Bonchev–Trinajstić information content (AvgIpc) is 3.31. The van der Waals surface area contributed by atoms with E-state index in [2.05, 4.69) is 10.6 Å². The molecule has 0 heterocycles. The minimum absolute atomic E-state index is 0.0713. The van der Waals surface area contributed by atoms with Gasteiger partial charge in [0.1, 0.15) is 5.82 Å². The summed E-state index contributed by atoms with van der Waals surface area (Å²) in [6.45, 7) is 1.51. The van der Waals surface area contributed by atoms with Crippen LogP contribution in [0.25, 0.3) is 0 Å². The summed E-state index contributed by atoms with van der Waals surface area (Å²) < 4.78 is 17.7. The molecule has 1 aliphatic carbocycles. The number of hydrogen-bond acceptors (Lipinski definition) is 3. The number of methoxy groups -OCH3 is 1. The highest BCUT2D eigenvalue weighted by Gasteiger charge is 2.47. The highest BCUT2D eigenvalue weighted by Crippen LogP contribution is 2.38. The van der Waals surface area contributed by atoms with Gasteiger partial charge in [-0.2, -0.15) is 0 Å². The second-order valence-corrected chi connectivity index (χ2v) is 5.43. The molecule has 120 valence electrons. The number of hydrogen-bond donors (Lipinski definition) is 2.